The first-order valence-corrected chi connectivity index (χ1v) is 23.9. The summed E-state index contributed by atoms with van der Waals surface area (Å²) in [5.74, 6) is -0.641. The Morgan fingerprint density at radius 3 is 0.902 bits per heavy atom. The molecule has 0 fully saturated rings. The molecule has 0 aliphatic heterocycles. The molecule has 0 radical (unpaired) electrons. The van der Waals surface area contributed by atoms with Crippen LogP contribution in [0.15, 0.2) is 36.8 Å². The molecular weight excluding hydrogens is 651 g/mol. The molecule has 0 saturated carbocycles. The minimum atomic E-state index is -4.27. The topological polar surface area (TPSA) is 74.6 Å². The molecule has 0 aliphatic carbocycles. The fourth-order valence-electron chi connectivity index (χ4n) is 7.05. The molecule has 302 valence electrons. The molecule has 1 unspecified atom stereocenters. The second-order valence-corrected chi connectivity index (χ2v) is 17.1. The maximum atomic E-state index is 11.7. The summed E-state index contributed by atoms with van der Waals surface area (Å²) in [7, 11) is -4.27. The van der Waals surface area contributed by atoms with E-state index in [0.717, 1.165) is 38.5 Å². The van der Waals surface area contributed by atoms with Crippen LogP contribution < -0.4 is 0 Å². The van der Waals surface area contributed by atoms with Crippen molar-refractivity contribution in [3.05, 3.63) is 36.8 Å². The summed E-state index contributed by atoms with van der Waals surface area (Å²) in [6.45, 7) is 7.00. The van der Waals surface area contributed by atoms with Gasteiger partial charge in [-0.15, -0.1) is 0 Å². The summed E-state index contributed by atoms with van der Waals surface area (Å²) >= 11 is 0. The van der Waals surface area contributed by atoms with Gasteiger partial charge in [-0.1, -0.05) is 194 Å². The van der Waals surface area contributed by atoms with Crippen LogP contribution in [0.3, 0.4) is 0 Å². The fourth-order valence-corrected chi connectivity index (χ4v) is 7.65. The Hall–Kier alpha value is -0.950. The summed E-state index contributed by atoms with van der Waals surface area (Å²) < 4.78 is 33.1. The quantitative estimate of drug-likeness (QED) is 0.0373. The van der Waals surface area contributed by atoms with Gasteiger partial charge in [-0.05, 0) is 56.8 Å². The number of hydrogen-bond donors (Lipinski definition) is 2. The van der Waals surface area contributed by atoms with E-state index in [0.29, 0.717) is 0 Å². The van der Waals surface area contributed by atoms with Crippen LogP contribution in [0.4, 0.5) is 0 Å². The van der Waals surface area contributed by atoms with E-state index in [-0.39, 0.29) is 11.0 Å². The van der Waals surface area contributed by atoms with Gasteiger partial charge >= 0.3 is 0 Å². The molecule has 0 aromatic heterocycles. The number of allylic oxidation sites excluding steroid dienone is 3. The molecule has 6 heteroatoms. The predicted molar refractivity (Wildman–Crippen MR) is 224 cm³/mol. The number of nitrogens with zero attached hydrogens (tertiary/aromatic N) is 1. The Bertz CT molecular complexity index is 830. The van der Waals surface area contributed by atoms with E-state index in [9.17, 15) is 18.1 Å². The van der Waals surface area contributed by atoms with Gasteiger partial charge in [-0.2, -0.15) is 8.42 Å². The summed E-state index contributed by atoms with van der Waals surface area (Å²) in [4.78, 5) is 0. The van der Waals surface area contributed by atoms with Gasteiger partial charge in [0.25, 0.3) is 10.1 Å². The van der Waals surface area contributed by atoms with Crippen molar-refractivity contribution in [1.29, 1.82) is 0 Å². The van der Waals surface area contributed by atoms with Crippen molar-refractivity contribution in [2.75, 3.05) is 12.3 Å². The lowest BCUT2D eigenvalue weighted by atomic mass is 10.1. The first-order chi connectivity index (χ1) is 24.8. The molecule has 51 heavy (non-hydrogen) atoms. The van der Waals surface area contributed by atoms with Crippen LogP contribution in [0.5, 0.6) is 0 Å². The van der Waals surface area contributed by atoms with Gasteiger partial charge in [0, 0.05) is 0 Å². The van der Waals surface area contributed by atoms with Gasteiger partial charge in [-0.25, -0.2) is 4.48 Å². The van der Waals surface area contributed by atoms with Gasteiger partial charge in [0.2, 0.25) is 0 Å². The third-order valence-corrected chi connectivity index (χ3v) is 11.1. The average Bonchev–Trinajstić information content (AvgIpc) is 3.09. The fraction of sp³-hybridized carbons (Fsp3) is 0.867. The van der Waals surface area contributed by atoms with Crippen LogP contribution in [0, 0.1) is 0 Å². The molecule has 0 saturated heterocycles. The molecule has 0 aliphatic rings. The number of aliphatic hydroxyl groups excluding tert-OH is 1. The zero-order chi connectivity index (χ0) is 37.6. The first-order valence-electron chi connectivity index (χ1n) is 22.3. The van der Waals surface area contributed by atoms with E-state index < -0.39 is 22.0 Å². The largest absolute Gasteiger partial charge is 0.386 e. The zero-order valence-electron chi connectivity index (χ0n) is 34.4. The Kier molecular flexibility index (Phi) is 36.7. The van der Waals surface area contributed by atoms with Crippen LogP contribution in [0.2, 0.25) is 0 Å². The smallest absolute Gasteiger partial charge is 0.267 e. The molecule has 0 heterocycles. The maximum absolute atomic E-state index is 11.7. The van der Waals surface area contributed by atoms with E-state index in [1.807, 2.05) is 0 Å². The van der Waals surface area contributed by atoms with Crippen LogP contribution in [-0.4, -0.2) is 41.0 Å². The molecule has 0 rings (SSSR count). The van der Waals surface area contributed by atoms with Crippen molar-refractivity contribution >= 4 is 10.1 Å². The molecule has 0 bridgehead atoms. The third kappa shape index (κ3) is 37.2. The van der Waals surface area contributed by atoms with Crippen LogP contribution in [0.1, 0.15) is 233 Å². The van der Waals surface area contributed by atoms with Gasteiger partial charge in [0.1, 0.15) is 37.0 Å². The van der Waals surface area contributed by atoms with Gasteiger partial charge in [-0.3, -0.25) is 4.55 Å². The summed E-state index contributed by atoms with van der Waals surface area (Å²) in [6.07, 6.45) is 54.2. The lowest BCUT2D eigenvalue weighted by Gasteiger charge is -2.29. The highest BCUT2D eigenvalue weighted by atomic mass is 32.2. The monoisotopic (exact) mass is 739 g/mol. The summed E-state index contributed by atoms with van der Waals surface area (Å²) in [6, 6.07) is 0. The number of quaternary nitrogens is 1. The Morgan fingerprint density at radius 1 is 0.431 bits per heavy atom. The highest BCUT2D eigenvalue weighted by Gasteiger charge is 2.27. The standard InChI is InChI=1S/C45H87NO4S/c1-4-7-10-13-16-19-22-25-28-31-34-37-40-46(43-45(47)44-51(48,49)50,41-38-35-32-29-26-23-20-17-14-11-8-5-2)42-39-36-33-30-27-24-21-18-15-12-9-6-3/h37-42,45,47H,4-36,43-44H2,1-3H3/p+1/b40-37+,41-38+,42-39+. The van der Waals surface area contributed by atoms with Gasteiger partial charge in [0.15, 0.2) is 0 Å². The molecule has 0 aromatic carbocycles. The molecule has 0 amide bonds. The van der Waals surface area contributed by atoms with Gasteiger partial charge in [0.05, 0.1) is 0 Å². The molecule has 5 nitrogen and oxygen atoms in total. The Morgan fingerprint density at radius 2 is 0.667 bits per heavy atom. The highest BCUT2D eigenvalue weighted by molar-refractivity contribution is 7.85. The zero-order valence-corrected chi connectivity index (χ0v) is 35.2. The van der Waals surface area contributed by atoms with Crippen molar-refractivity contribution in [1.82, 2.24) is 0 Å². The predicted octanol–water partition coefficient (Wildman–Crippen LogP) is 14.5. The van der Waals surface area contributed by atoms with Crippen LogP contribution >= 0.6 is 0 Å². The van der Waals surface area contributed by atoms with E-state index in [2.05, 4.69) is 57.6 Å². The summed E-state index contributed by atoms with van der Waals surface area (Å²) in [5, 5.41) is 10.8. The number of hydrogen-bond acceptors (Lipinski definition) is 3. The lowest BCUT2D eigenvalue weighted by Crippen LogP contribution is -2.41. The van der Waals surface area contributed by atoms with E-state index in [1.54, 1.807) is 0 Å². The minimum absolute atomic E-state index is 0.192. The van der Waals surface area contributed by atoms with Crippen molar-refractivity contribution < 1.29 is 22.6 Å². The molecule has 0 spiro atoms. The number of rotatable bonds is 40. The maximum Gasteiger partial charge on any atom is 0.267 e. The number of aliphatic hydroxyl groups is 1. The van der Waals surface area contributed by atoms with Crippen molar-refractivity contribution in [2.45, 2.75) is 239 Å². The first kappa shape index (κ1) is 50.1. The lowest BCUT2D eigenvalue weighted by molar-refractivity contribution is -0.777. The Labute approximate surface area is 319 Å². The molecule has 0 aromatic rings. The van der Waals surface area contributed by atoms with Crippen molar-refractivity contribution in [3.8, 4) is 0 Å². The molecule has 1 atom stereocenters. The van der Waals surface area contributed by atoms with Gasteiger partial charge < -0.3 is 5.11 Å². The van der Waals surface area contributed by atoms with E-state index in [4.69, 9.17) is 0 Å². The second-order valence-electron chi connectivity index (χ2n) is 15.6. The van der Waals surface area contributed by atoms with Crippen LogP contribution in [0.25, 0.3) is 0 Å². The third-order valence-electron chi connectivity index (χ3n) is 10.3. The minimum Gasteiger partial charge on any atom is -0.386 e. The van der Waals surface area contributed by atoms with Crippen molar-refractivity contribution in [3.63, 3.8) is 0 Å². The highest BCUT2D eigenvalue weighted by Crippen LogP contribution is 2.20. The van der Waals surface area contributed by atoms with Crippen molar-refractivity contribution in [2.24, 2.45) is 0 Å². The molecular formula is C45H88NO4S+. The second kappa shape index (κ2) is 37.4. The Balaban J connectivity index is 5.20. The number of unbranched alkanes of at least 4 members (excludes halogenated alkanes) is 30. The summed E-state index contributed by atoms with van der Waals surface area (Å²) in [5.41, 5.74) is 0. The van der Waals surface area contributed by atoms with E-state index >= 15 is 0 Å². The van der Waals surface area contributed by atoms with E-state index in [1.165, 1.54) is 173 Å². The normalized spacial score (nSPS) is 13.4. The average molecular weight is 739 g/mol. The SMILES string of the molecule is CCCCCCCCCCCC/C=C/[N+](/C=C/CCCCCCCCCCCC)(/C=C/CCCCCCCCCCCC)CC(O)CS(=O)(=O)O. The molecule has 2 N–H and O–H groups in total. The van der Waals surface area contributed by atoms with Crippen LogP contribution in [-0.2, 0) is 10.1 Å².